The van der Waals surface area contributed by atoms with Gasteiger partial charge in [-0.25, -0.2) is 18.7 Å². The molecule has 0 saturated heterocycles. The van der Waals surface area contributed by atoms with E-state index in [4.69, 9.17) is 9.47 Å². The average molecular weight is 476 g/mol. The summed E-state index contributed by atoms with van der Waals surface area (Å²) in [5, 5.41) is 4.08. The van der Waals surface area contributed by atoms with Crippen molar-refractivity contribution in [3.8, 4) is 11.5 Å². The van der Waals surface area contributed by atoms with Gasteiger partial charge in [-0.1, -0.05) is 0 Å². The van der Waals surface area contributed by atoms with Gasteiger partial charge >= 0.3 is 0 Å². The van der Waals surface area contributed by atoms with E-state index in [2.05, 4.69) is 15.3 Å². The molecule has 1 amide bonds. The van der Waals surface area contributed by atoms with Crippen LogP contribution in [-0.4, -0.2) is 36.6 Å². The molecule has 178 valence electrons. The number of carbonyl (C=O) groups excluding carboxylic acids is 1. The van der Waals surface area contributed by atoms with Crippen molar-refractivity contribution in [3.63, 3.8) is 0 Å². The van der Waals surface area contributed by atoms with E-state index in [0.29, 0.717) is 35.8 Å². The highest BCUT2D eigenvalue weighted by Crippen LogP contribution is 2.36. The lowest BCUT2D eigenvalue weighted by Gasteiger charge is -2.18. The number of aromatic nitrogens is 2. The summed E-state index contributed by atoms with van der Waals surface area (Å²) in [5.41, 5.74) is 3.27. The fourth-order valence-electron chi connectivity index (χ4n) is 4.30. The van der Waals surface area contributed by atoms with Crippen LogP contribution >= 0.6 is 0 Å². The number of methoxy groups -OCH3 is 2. The predicted octanol–water partition coefficient (Wildman–Crippen LogP) is 4.80. The number of benzene rings is 3. The third-order valence-electron chi connectivity index (χ3n) is 6.03. The standard InChI is InChI=1S/C26H22F2N4O3/c1-34-23-12-19-21(13-24(23)35-2)29-14-30-26(19)31-18-4-6-22-15(10-18)7-8-32(22)25(33)11-16-9-17(27)3-5-20(16)28/h3-6,9-10,12-14H,7-8,11H2,1-2H3,(H,29,30,31). The minimum absolute atomic E-state index is 0.0458. The Kier molecular flexibility index (Phi) is 5.90. The van der Waals surface area contributed by atoms with Crippen LogP contribution in [0.2, 0.25) is 0 Å². The van der Waals surface area contributed by atoms with Gasteiger partial charge in [0.2, 0.25) is 5.91 Å². The summed E-state index contributed by atoms with van der Waals surface area (Å²) >= 11 is 0. The van der Waals surface area contributed by atoms with Crippen LogP contribution in [0.25, 0.3) is 10.9 Å². The summed E-state index contributed by atoms with van der Waals surface area (Å²) in [5.74, 6) is 0.297. The number of rotatable bonds is 6. The number of hydrogen-bond acceptors (Lipinski definition) is 6. The van der Waals surface area contributed by atoms with Crippen molar-refractivity contribution in [1.82, 2.24) is 9.97 Å². The van der Waals surface area contributed by atoms with Crippen molar-refractivity contribution >= 4 is 34.0 Å². The molecule has 1 aliphatic rings. The van der Waals surface area contributed by atoms with E-state index in [-0.39, 0.29) is 17.9 Å². The summed E-state index contributed by atoms with van der Waals surface area (Å²) in [4.78, 5) is 23.2. The Morgan fingerprint density at radius 2 is 1.83 bits per heavy atom. The van der Waals surface area contributed by atoms with Crippen molar-refractivity contribution in [2.75, 3.05) is 31.0 Å². The molecule has 0 atom stereocenters. The van der Waals surface area contributed by atoms with Crippen LogP contribution in [0, 0.1) is 11.6 Å². The Hall–Kier alpha value is -4.27. The van der Waals surface area contributed by atoms with E-state index in [9.17, 15) is 13.6 Å². The topological polar surface area (TPSA) is 76.6 Å². The summed E-state index contributed by atoms with van der Waals surface area (Å²) < 4.78 is 38.3. The Morgan fingerprint density at radius 1 is 1.03 bits per heavy atom. The van der Waals surface area contributed by atoms with Crippen LogP contribution in [0.15, 0.2) is 54.9 Å². The Balaban J connectivity index is 1.39. The maximum Gasteiger partial charge on any atom is 0.231 e. The van der Waals surface area contributed by atoms with Crippen molar-refractivity contribution in [3.05, 3.63) is 77.6 Å². The molecule has 5 rings (SSSR count). The maximum absolute atomic E-state index is 14.0. The molecule has 0 aliphatic carbocycles. The second kappa shape index (κ2) is 9.17. The van der Waals surface area contributed by atoms with E-state index < -0.39 is 11.6 Å². The number of fused-ring (bicyclic) bond motifs is 2. The van der Waals surface area contributed by atoms with Crippen LogP contribution in [0.1, 0.15) is 11.1 Å². The van der Waals surface area contributed by atoms with Crippen LogP contribution in [0.4, 0.5) is 26.0 Å². The van der Waals surface area contributed by atoms with Gasteiger partial charge in [-0.15, -0.1) is 0 Å². The van der Waals surface area contributed by atoms with E-state index in [1.54, 1.807) is 25.2 Å². The van der Waals surface area contributed by atoms with Crippen molar-refractivity contribution in [1.29, 1.82) is 0 Å². The summed E-state index contributed by atoms with van der Waals surface area (Å²) in [6.45, 7) is 0.474. The van der Waals surface area contributed by atoms with Gasteiger partial charge < -0.3 is 19.7 Å². The van der Waals surface area contributed by atoms with E-state index >= 15 is 0 Å². The fraction of sp³-hybridized carbons (Fsp3) is 0.192. The van der Waals surface area contributed by atoms with Gasteiger partial charge in [0, 0.05) is 34.9 Å². The molecule has 0 saturated carbocycles. The van der Waals surface area contributed by atoms with Gasteiger partial charge in [0.25, 0.3) is 0 Å². The number of hydrogen-bond donors (Lipinski definition) is 1. The minimum atomic E-state index is -0.593. The van der Waals surface area contributed by atoms with Gasteiger partial charge in [0.05, 0.1) is 26.2 Å². The van der Waals surface area contributed by atoms with Gasteiger partial charge in [-0.2, -0.15) is 0 Å². The van der Waals surface area contributed by atoms with Gasteiger partial charge in [-0.05, 0) is 54.4 Å². The number of anilines is 3. The first kappa shape index (κ1) is 22.5. The molecule has 1 aliphatic heterocycles. The highest BCUT2D eigenvalue weighted by Gasteiger charge is 2.26. The van der Waals surface area contributed by atoms with E-state index in [1.165, 1.54) is 6.33 Å². The zero-order valence-corrected chi connectivity index (χ0v) is 19.1. The molecule has 0 radical (unpaired) electrons. The van der Waals surface area contributed by atoms with Crippen LogP contribution in [0.3, 0.4) is 0 Å². The highest BCUT2D eigenvalue weighted by atomic mass is 19.1. The molecular formula is C26H22F2N4O3. The molecule has 1 aromatic heterocycles. The zero-order valence-electron chi connectivity index (χ0n) is 19.1. The number of amides is 1. The molecule has 1 N–H and O–H groups in total. The third kappa shape index (κ3) is 4.32. The lowest BCUT2D eigenvalue weighted by atomic mass is 10.1. The van der Waals surface area contributed by atoms with Crippen LogP contribution < -0.4 is 19.7 Å². The molecule has 4 aromatic rings. The van der Waals surface area contributed by atoms with Crippen molar-refractivity contribution in [2.45, 2.75) is 12.8 Å². The number of halogens is 2. The Morgan fingerprint density at radius 3 is 2.63 bits per heavy atom. The van der Waals surface area contributed by atoms with Gasteiger partial charge in [0.15, 0.2) is 11.5 Å². The van der Waals surface area contributed by atoms with E-state index in [0.717, 1.165) is 40.5 Å². The molecule has 7 nitrogen and oxygen atoms in total. The second-order valence-corrected chi connectivity index (χ2v) is 8.12. The minimum Gasteiger partial charge on any atom is -0.493 e. The first-order valence-electron chi connectivity index (χ1n) is 11.0. The molecule has 2 heterocycles. The third-order valence-corrected chi connectivity index (χ3v) is 6.03. The smallest absolute Gasteiger partial charge is 0.231 e. The Bertz CT molecular complexity index is 1440. The molecule has 0 bridgehead atoms. The highest BCUT2D eigenvalue weighted by molar-refractivity contribution is 5.97. The quantitative estimate of drug-likeness (QED) is 0.431. The average Bonchev–Trinajstić information content (AvgIpc) is 3.29. The molecule has 0 fully saturated rings. The molecule has 35 heavy (non-hydrogen) atoms. The fourth-order valence-corrected chi connectivity index (χ4v) is 4.30. The number of ether oxygens (including phenoxy) is 2. The molecule has 3 aromatic carbocycles. The van der Waals surface area contributed by atoms with Crippen molar-refractivity contribution < 1.29 is 23.0 Å². The zero-order chi connectivity index (χ0) is 24.5. The molecule has 9 heteroatoms. The molecule has 0 unspecified atom stereocenters. The first-order valence-corrected chi connectivity index (χ1v) is 11.0. The maximum atomic E-state index is 14.0. The van der Waals surface area contributed by atoms with Crippen LogP contribution in [-0.2, 0) is 17.6 Å². The van der Waals surface area contributed by atoms with Gasteiger partial charge in [0.1, 0.15) is 23.8 Å². The first-order chi connectivity index (χ1) is 17.0. The lowest BCUT2D eigenvalue weighted by Crippen LogP contribution is -2.30. The van der Waals surface area contributed by atoms with Crippen LogP contribution in [0.5, 0.6) is 11.5 Å². The monoisotopic (exact) mass is 476 g/mol. The SMILES string of the molecule is COc1cc2ncnc(Nc3ccc4c(c3)CCN4C(=O)Cc3cc(F)ccc3F)c2cc1OC. The predicted molar refractivity (Wildman–Crippen MR) is 128 cm³/mol. The summed E-state index contributed by atoms with van der Waals surface area (Å²) in [6.07, 6.45) is 1.91. The second-order valence-electron chi connectivity index (χ2n) is 8.12. The van der Waals surface area contributed by atoms with Gasteiger partial charge in [-0.3, -0.25) is 4.79 Å². The molecular weight excluding hydrogens is 454 g/mol. The number of nitrogens with zero attached hydrogens (tertiary/aromatic N) is 3. The number of nitrogens with one attached hydrogen (secondary N) is 1. The largest absolute Gasteiger partial charge is 0.493 e. The molecule has 0 spiro atoms. The summed E-state index contributed by atoms with van der Waals surface area (Å²) in [7, 11) is 3.13. The normalized spacial score (nSPS) is 12.5. The lowest BCUT2D eigenvalue weighted by molar-refractivity contribution is -0.117. The Labute approximate surface area is 200 Å². The summed E-state index contributed by atoms with van der Waals surface area (Å²) in [6, 6.07) is 12.4. The number of carbonyl (C=O) groups is 1. The van der Waals surface area contributed by atoms with E-state index in [1.807, 2.05) is 24.3 Å². The van der Waals surface area contributed by atoms with Crippen molar-refractivity contribution in [2.24, 2.45) is 0 Å².